The number of nitrogens with zero attached hydrogens (tertiary/aromatic N) is 2. The van der Waals surface area contributed by atoms with Crippen LogP contribution in [-0.4, -0.2) is 14.6 Å². The summed E-state index contributed by atoms with van der Waals surface area (Å²) in [6, 6.07) is 5.06. The molecule has 1 saturated carbocycles. The Morgan fingerprint density at radius 3 is 2.64 bits per heavy atom. The van der Waals surface area contributed by atoms with Gasteiger partial charge in [-0.25, -0.2) is 18.3 Å². The second kappa shape index (κ2) is 4.76. The average Bonchev–Trinajstić information content (AvgIpc) is 3.19. The highest BCUT2D eigenvalue weighted by Crippen LogP contribution is 2.40. The molecule has 1 aromatic carbocycles. The number of rotatable bonds is 3. The van der Waals surface area contributed by atoms with Gasteiger partial charge in [0.05, 0.1) is 5.69 Å². The molecule has 2 heterocycles. The molecule has 1 N–H and O–H groups in total. The number of hydrogen-bond acceptors (Lipinski definition) is 2. The van der Waals surface area contributed by atoms with Crippen LogP contribution >= 0.6 is 0 Å². The molecule has 4 rings (SSSR count). The summed E-state index contributed by atoms with van der Waals surface area (Å²) in [6.45, 7) is 0. The molecule has 3 aromatic rings. The van der Waals surface area contributed by atoms with Crippen LogP contribution < -0.4 is 5.56 Å². The third-order valence-electron chi connectivity index (χ3n) is 3.94. The maximum absolute atomic E-state index is 13.4. The number of fused-ring (bicyclic) bond motifs is 1. The lowest BCUT2D eigenvalue weighted by atomic mass is 10.0. The number of aromatic nitrogens is 3. The van der Waals surface area contributed by atoms with Gasteiger partial charge in [-0.3, -0.25) is 9.89 Å². The van der Waals surface area contributed by atoms with Crippen LogP contribution in [0, 0.1) is 11.6 Å². The van der Waals surface area contributed by atoms with E-state index in [1.54, 1.807) is 12.3 Å². The monoisotopic (exact) mass is 301 g/mol. The van der Waals surface area contributed by atoms with E-state index in [0.29, 0.717) is 16.8 Å². The molecule has 0 amide bonds. The van der Waals surface area contributed by atoms with Crippen molar-refractivity contribution in [2.24, 2.45) is 0 Å². The van der Waals surface area contributed by atoms with Gasteiger partial charge >= 0.3 is 0 Å². The highest BCUT2D eigenvalue weighted by molar-refractivity contribution is 5.42. The molecule has 1 aliphatic carbocycles. The predicted octanol–water partition coefficient (Wildman–Crippen LogP) is 2.77. The summed E-state index contributed by atoms with van der Waals surface area (Å²) >= 11 is 0. The molecule has 0 aliphatic heterocycles. The first-order valence-electron chi connectivity index (χ1n) is 7.16. The van der Waals surface area contributed by atoms with Gasteiger partial charge in [0, 0.05) is 36.2 Å². The van der Waals surface area contributed by atoms with Gasteiger partial charge in [-0.05, 0) is 30.5 Å². The largest absolute Gasteiger partial charge is 0.297 e. The van der Waals surface area contributed by atoms with E-state index in [-0.39, 0.29) is 17.9 Å². The van der Waals surface area contributed by atoms with Gasteiger partial charge in [-0.2, -0.15) is 0 Å². The number of nitrogens with one attached hydrogen (secondary N) is 1. The SMILES string of the molecule is O=c1c(Cc2cc(F)cc(F)c2)c(C2CC2)nc2cc[nH]n12. The van der Waals surface area contributed by atoms with Crippen molar-refractivity contribution in [1.82, 2.24) is 14.6 Å². The first-order valence-corrected chi connectivity index (χ1v) is 7.16. The Balaban J connectivity index is 1.87. The first kappa shape index (κ1) is 13.2. The van der Waals surface area contributed by atoms with E-state index in [4.69, 9.17) is 0 Å². The van der Waals surface area contributed by atoms with Gasteiger partial charge in [0.15, 0.2) is 5.65 Å². The highest BCUT2D eigenvalue weighted by Gasteiger charge is 2.30. The Morgan fingerprint density at radius 1 is 1.23 bits per heavy atom. The van der Waals surface area contributed by atoms with Crippen LogP contribution in [0.4, 0.5) is 8.78 Å². The van der Waals surface area contributed by atoms with E-state index in [1.807, 2.05) is 0 Å². The number of aromatic amines is 1. The Labute approximate surface area is 124 Å². The summed E-state index contributed by atoms with van der Waals surface area (Å²) in [5.74, 6) is -1.00. The third kappa shape index (κ3) is 2.20. The number of halogens is 2. The van der Waals surface area contributed by atoms with Gasteiger partial charge < -0.3 is 0 Å². The lowest BCUT2D eigenvalue weighted by Crippen LogP contribution is -2.23. The Bertz CT molecular complexity index is 905. The van der Waals surface area contributed by atoms with E-state index in [0.717, 1.165) is 24.6 Å². The summed E-state index contributed by atoms with van der Waals surface area (Å²) in [7, 11) is 0. The van der Waals surface area contributed by atoms with Gasteiger partial charge in [-0.15, -0.1) is 0 Å². The summed E-state index contributed by atoms with van der Waals surface area (Å²) in [5.41, 5.74) is 2.06. The second-order valence-corrected chi connectivity index (χ2v) is 5.67. The molecular formula is C16H13F2N3O. The molecule has 0 spiro atoms. The maximum atomic E-state index is 13.4. The molecule has 22 heavy (non-hydrogen) atoms. The smallest absolute Gasteiger partial charge is 0.276 e. The lowest BCUT2D eigenvalue weighted by molar-refractivity contribution is 0.580. The van der Waals surface area contributed by atoms with Crippen LogP contribution in [0.1, 0.15) is 35.6 Å². The van der Waals surface area contributed by atoms with Crippen molar-refractivity contribution >= 4 is 5.65 Å². The molecule has 0 radical (unpaired) electrons. The molecule has 0 unspecified atom stereocenters. The van der Waals surface area contributed by atoms with Crippen molar-refractivity contribution in [2.45, 2.75) is 25.2 Å². The maximum Gasteiger partial charge on any atom is 0.276 e. The minimum absolute atomic E-state index is 0.175. The Kier molecular flexibility index (Phi) is 2.85. The topological polar surface area (TPSA) is 50.2 Å². The van der Waals surface area contributed by atoms with Gasteiger partial charge in [0.25, 0.3) is 5.56 Å². The van der Waals surface area contributed by atoms with Crippen molar-refractivity contribution < 1.29 is 8.78 Å². The quantitative estimate of drug-likeness (QED) is 0.808. The van der Waals surface area contributed by atoms with Gasteiger partial charge in [0.1, 0.15) is 11.6 Å². The second-order valence-electron chi connectivity index (χ2n) is 5.67. The van der Waals surface area contributed by atoms with E-state index in [2.05, 4.69) is 10.1 Å². The van der Waals surface area contributed by atoms with Gasteiger partial charge in [0.2, 0.25) is 0 Å². The predicted molar refractivity (Wildman–Crippen MR) is 77.0 cm³/mol. The van der Waals surface area contributed by atoms with Gasteiger partial charge in [-0.1, -0.05) is 0 Å². The lowest BCUT2D eigenvalue weighted by Gasteiger charge is -2.09. The molecule has 1 aliphatic rings. The molecule has 0 atom stereocenters. The zero-order valence-corrected chi connectivity index (χ0v) is 11.6. The number of H-pyrrole nitrogens is 1. The van der Waals surface area contributed by atoms with Crippen molar-refractivity contribution in [3.8, 4) is 0 Å². The van der Waals surface area contributed by atoms with Crippen molar-refractivity contribution in [2.75, 3.05) is 0 Å². The van der Waals surface area contributed by atoms with Crippen LogP contribution in [0.3, 0.4) is 0 Å². The van der Waals surface area contributed by atoms with E-state index < -0.39 is 11.6 Å². The Hall–Kier alpha value is -2.50. The zero-order chi connectivity index (χ0) is 15.3. The van der Waals surface area contributed by atoms with Crippen LogP contribution in [0.2, 0.25) is 0 Å². The fraction of sp³-hybridized carbons (Fsp3) is 0.250. The van der Waals surface area contributed by atoms with E-state index >= 15 is 0 Å². The van der Waals surface area contributed by atoms with Crippen LogP contribution in [0.5, 0.6) is 0 Å². The van der Waals surface area contributed by atoms with Crippen LogP contribution in [0.25, 0.3) is 5.65 Å². The molecule has 0 bridgehead atoms. The van der Waals surface area contributed by atoms with Crippen molar-refractivity contribution in [3.63, 3.8) is 0 Å². The molecule has 4 nitrogen and oxygen atoms in total. The van der Waals surface area contributed by atoms with E-state index in [9.17, 15) is 13.6 Å². The van der Waals surface area contributed by atoms with Crippen molar-refractivity contribution in [1.29, 1.82) is 0 Å². The molecule has 6 heteroatoms. The minimum atomic E-state index is -0.642. The van der Waals surface area contributed by atoms with Crippen LogP contribution in [0.15, 0.2) is 35.3 Å². The summed E-state index contributed by atoms with van der Waals surface area (Å²) in [4.78, 5) is 17.2. The molecule has 2 aromatic heterocycles. The molecule has 1 fully saturated rings. The first-order chi connectivity index (χ1) is 10.6. The summed E-state index contributed by atoms with van der Waals surface area (Å²) in [5, 5.41) is 2.82. The van der Waals surface area contributed by atoms with Crippen LogP contribution in [-0.2, 0) is 6.42 Å². The molecule has 0 saturated heterocycles. The standard InChI is InChI=1S/C16H13F2N3O/c17-11-5-9(6-12(18)8-11)7-13-15(10-1-2-10)20-14-3-4-19-21(14)16(13)22/h3-6,8,10,19H,1-2,7H2. The van der Waals surface area contributed by atoms with Crippen molar-refractivity contribution in [3.05, 3.63) is 69.3 Å². The highest BCUT2D eigenvalue weighted by atomic mass is 19.1. The van der Waals surface area contributed by atoms with E-state index in [1.165, 1.54) is 16.6 Å². The summed E-state index contributed by atoms with van der Waals surface area (Å²) in [6.07, 6.45) is 3.81. The zero-order valence-electron chi connectivity index (χ0n) is 11.6. The molecule has 112 valence electrons. The fourth-order valence-corrected chi connectivity index (χ4v) is 2.79. The number of hydrogen-bond donors (Lipinski definition) is 1. The Morgan fingerprint density at radius 2 is 1.95 bits per heavy atom. The average molecular weight is 301 g/mol. The third-order valence-corrected chi connectivity index (χ3v) is 3.94. The minimum Gasteiger partial charge on any atom is -0.297 e. The fourth-order valence-electron chi connectivity index (χ4n) is 2.79. The summed E-state index contributed by atoms with van der Waals surface area (Å²) < 4.78 is 28.1. The normalized spacial score (nSPS) is 14.6. The number of benzene rings is 1. The molecular weight excluding hydrogens is 288 g/mol.